The van der Waals surface area contributed by atoms with Crippen molar-refractivity contribution in [3.8, 4) is 0 Å². The van der Waals surface area contributed by atoms with Crippen molar-refractivity contribution >= 4 is 0 Å². The molecular formula is C17H27NO. The quantitative estimate of drug-likeness (QED) is 0.822. The fraction of sp³-hybridized carbons (Fsp3) is 0.647. The van der Waals surface area contributed by atoms with Crippen molar-refractivity contribution in [3.05, 3.63) is 35.4 Å². The molecule has 1 unspecified atom stereocenters. The minimum atomic E-state index is -0.777. The van der Waals surface area contributed by atoms with Gasteiger partial charge < -0.3 is 10.4 Å². The summed E-state index contributed by atoms with van der Waals surface area (Å²) in [6.45, 7) is 7.86. The number of nitrogens with one attached hydrogen (secondary N) is 1. The lowest BCUT2D eigenvalue weighted by atomic mass is 9.75. The largest absolute Gasteiger partial charge is 0.384 e. The molecule has 0 spiro atoms. The van der Waals surface area contributed by atoms with Crippen LogP contribution < -0.4 is 5.32 Å². The monoisotopic (exact) mass is 261 g/mol. The highest BCUT2D eigenvalue weighted by Gasteiger charge is 2.30. The Kier molecular flexibility index (Phi) is 4.64. The molecule has 0 aliphatic heterocycles. The minimum absolute atomic E-state index is 0.609. The van der Waals surface area contributed by atoms with Gasteiger partial charge in [0.25, 0.3) is 0 Å². The molecular weight excluding hydrogens is 234 g/mol. The number of rotatable bonds is 6. The summed E-state index contributed by atoms with van der Waals surface area (Å²) in [5.74, 6) is 1.27. The van der Waals surface area contributed by atoms with E-state index in [1.807, 2.05) is 13.0 Å². The van der Waals surface area contributed by atoms with Gasteiger partial charge in [0.1, 0.15) is 0 Å². The van der Waals surface area contributed by atoms with Gasteiger partial charge in [-0.3, -0.25) is 0 Å². The van der Waals surface area contributed by atoms with Gasteiger partial charge in [-0.1, -0.05) is 44.5 Å². The molecule has 2 heteroatoms. The van der Waals surface area contributed by atoms with Crippen molar-refractivity contribution < 1.29 is 5.11 Å². The van der Waals surface area contributed by atoms with Crippen LogP contribution >= 0.6 is 0 Å². The molecule has 2 N–H and O–H groups in total. The topological polar surface area (TPSA) is 32.3 Å². The maximum absolute atomic E-state index is 10.8. The molecule has 1 aliphatic carbocycles. The van der Waals surface area contributed by atoms with Crippen molar-refractivity contribution in [1.82, 2.24) is 5.32 Å². The zero-order chi connectivity index (χ0) is 13.9. The molecule has 0 aromatic heterocycles. The van der Waals surface area contributed by atoms with E-state index in [9.17, 15) is 5.11 Å². The highest BCUT2D eigenvalue weighted by molar-refractivity contribution is 5.36. The predicted octanol–water partition coefficient (Wildman–Crippen LogP) is 3.41. The van der Waals surface area contributed by atoms with Crippen molar-refractivity contribution in [2.45, 2.75) is 51.6 Å². The Morgan fingerprint density at radius 1 is 1.32 bits per heavy atom. The van der Waals surface area contributed by atoms with E-state index in [1.165, 1.54) is 24.8 Å². The van der Waals surface area contributed by atoms with Gasteiger partial charge in [-0.2, -0.15) is 0 Å². The van der Waals surface area contributed by atoms with Gasteiger partial charge in [-0.15, -0.1) is 0 Å². The number of benzene rings is 1. The average Bonchev–Trinajstić information content (AvgIpc) is 2.26. The number of hydrogen-bond donors (Lipinski definition) is 2. The molecule has 2 nitrogen and oxygen atoms in total. The fourth-order valence-corrected chi connectivity index (χ4v) is 2.76. The van der Waals surface area contributed by atoms with Crippen LogP contribution in [0.25, 0.3) is 0 Å². The normalized spacial score (nSPS) is 19.2. The Morgan fingerprint density at radius 2 is 2.00 bits per heavy atom. The Bertz CT molecular complexity index is 407. The summed E-state index contributed by atoms with van der Waals surface area (Å²) in [5, 5.41) is 14.2. The third-order valence-electron chi connectivity index (χ3n) is 4.11. The van der Waals surface area contributed by atoms with Crippen LogP contribution in [0.3, 0.4) is 0 Å². The molecule has 1 atom stereocenters. The van der Waals surface area contributed by atoms with Gasteiger partial charge in [0.05, 0.1) is 5.60 Å². The van der Waals surface area contributed by atoms with Crippen molar-refractivity contribution in [3.63, 3.8) is 0 Å². The highest BCUT2D eigenvalue weighted by atomic mass is 16.3. The highest BCUT2D eigenvalue weighted by Crippen LogP contribution is 2.40. The summed E-state index contributed by atoms with van der Waals surface area (Å²) in [7, 11) is 0. The lowest BCUT2D eigenvalue weighted by Gasteiger charge is -2.33. The van der Waals surface area contributed by atoms with Crippen molar-refractivity contribution in [1.29, 1.82) is 0 Å². The van der Waals surface area contributed by atoms with Crippen LogP contribution in [-0.4, -0.2) is 18.2 Å². The Labute approximate surface area is 117 Å². The standard InChI is InChI=1S/C17H27NO/c1-13(2)11-18-12-17(3,19)16-10-5-4-9-15(16)14-7-6-8-14/h4-5,9-10,13-14,18-19H,6-8,11-12H2,1-3H3. The van der Waals surface area contributed by atoms with E-state index < -0.39 is 5.60 Å². The summed E-state index contributed by atoms with van der Waals surface area (Å²) in [6.07, 6.45) is 3.87. The first kappa shape index (κ1) is 14.5. The van der Waals surface area contributed by atoms with E-state index in [2.05, 4.69) is 37.4 Å². The Morgan fingerprint density at radius 3 is 2.58 bits per heavy atom. The van der Waals surface area contributed by atoms with Gasteiger partial charge in [0, 0.05) is 6.54 Å². The molecule has 1 aromatic carbocycles. The predicted molar refractivity (Wildman–Crippen MR) is 80.3 cm³/mol. The van der Waals surface area contributed by atoms with E-state index in [1.54, 1.807) is 0 Å². The van der Waals surface area contributed by atoms with E-state index >= 15 is 0 Å². The first-order chi connectivity index (χ1) is 9.00. The van der Waals surface area contributed by atoms with E-state index in [0.29, 0.717) is 18.4 Å². The van der Waals surface area contributed by atoms with Crippen LogP contribution in [0.5, 0.6) is 0 Å². The SMILES string of the molecule is CC(C)CNCC(C)(O)c1ccccc1C1CCC1. The summed E-state index contributed by atoms with van der Waals surface area (Å²) in [4.78, 5) is 0. The summed E-state index contributed by atoms with van der Waals surface area (Å²) in [5.41, 5.74) is 1.68. The zero-order valence-corrected chi connectivity index (χ0v) is 12.4. The molecule has 0 bridgehead atoms. The maximum atomic E-state index is 10.8. The maximum Gasteiger partial charge on any atom is 0.0995 e. The second-order valence-electron chi connectivity index (χ2n) is 6.51. The lowest BCUT2D eigenvalue weighted by Crippen LogP contribution is -2.38. The van der Waals surface area contributed by atoms with Gasteiger partial charge in [-0.25, -0.2) is 0 Å². The average molecular weight is 261 g/mol. The molecule has 1 saturated carbocycles. The van der Waals surface area contributed by atoms with Gasteiger partial charge >= 0.3 is 0 Å². The van der Waals surface area contributed by atoms with Crippen LogP contribution in [0.2, 0.25) is 0 Å². The van der Waals surface area contributed by atoms with Crippen LogP contribution in [0.1, 0.15) is 57.1 Å². The second-order valence-corrected chi connectivity index (χ2v) is 6.51. The van der Waals surface area contributed by atoms with Crippen LogP contribution in [-0.2, 0) is 5.60 Å². The van der Waals surface area contributed by atoms with E-state index in [0.717, 1.165) is 12.1 Å². The third-order valence-corrected chi connectivity index (χ3v) is 4.11. The molecule has 2 rings (SSSR count). The first-order valence-corrected chi connectivity index (χ1v) is 7.53. The molecule has 0 radical (unpaired) electrons. The summed E-state index contributed by atoms with van der Waals surface area (Å²) in [6, 6.07) is 8.41. The van der Waals surface area contributed by atoms with E-state index in [-0.39, 0.29) is 0 Å². The summed E-state index contributed by atoms with van der Waals surface area (Å²) < 4.78 is 0. The first-order valence-electron chi connectivity index (χ1n) is 7.53. The smallest absolute Gasteiger partial charge is 0.0995 e. The molecule has 106 valence electrons. The Balaban J connectivity index is 2.10. The minimum Gasteiger partial charge on any atom is -0.384 e. The Hall–Kier alpha value is -0.860. The number of hydrogen-bond acceptors (Lipinski definition) is 2. The van der Waals surface area contributed by atoms with Crippen molar-refractivity contribution in [2.24, 2.45) is 5.92 Å². The van der Waals surface area contributed by atoms with Crippen LogP contribution in [0.15, 0.2) is 24.3 Å². The fourth-order valence-electron chi connectivity index (χ4n) is 2.76. The zero-order valence-electron chi connectivity index (χ0n) is 12.4. The number of aliphatic hydroxyl groups is 1. The molecule has 0 amide bonds. The molecule has 0 heterocycles. The third kappa shape index (κ3) is 3.58. The molecule has 19 heavy (non-hydrogen) atoms. The van der Waals surface area contributed by atoms with Crippen LogP contribution in [0.4, 0.5) is 0 Å². The second kappa shape index (κ2) is 6.06. The van der Waals surface area contributed by atoms with Crippen LogP contribution in [0, 0.1) is 5.92 Å². The molecule has 1 aliphatic rings. The van der Waals surface area contributed by atoms with Gasteiger partial charge in [0.2, 0.25) is 0 Å². The molecule has 1 aromatic rings. The van der Waals surface area contributed by atoms with E-state index in [4.69, 9.17) is 0 Å². The molecule has 0 saturated heterocycles. The van der Waals surface area contributed by atoms with Gasteiger partial charge in [0.15, 0.2) is 0 Å². The lowest BCUT2D eigenvalue weighted by molar-refractivity contribution is 0.0546. The molecule has 1 fully saturated rings. The van der Waals surface area contributed by atoms with Crippen molar-refractivity contribution in [2.75, 3.05) is 13.1 Å². The van der Waals surface area contributed by atoms with Gasteiger partial charge in [-0.05, 0) is 49.3 Å². The summed E-state index contributed by atoms with van der Waals surface area (Å²) >= 11 is 0.